The van der Waals surface area contributed by atoms with Gasteiger partial charge in [-0.3, -0.25) is 0 Å². The number of hydrogen-bond acceptors (Lipinski definition) is 0. The third-order valence-electron chi connectivity index (χ3n) is 4.51. The van der Waals surface area contributed by atoms with Gasteiger partial charge in [-0.25, -0.2) is 0 Å². The molecular weight excluding hydrogens is 156 g/mol. The van der Waals surface area contributed by atoms with E-state index in [0.29, 0.717) is 0 Å². The summed E-state index contributed by atoms with van der Waals surface area (Å²) in [6, 6.07) is 0. The zero-order valence-electron chi connectivity index (χ0n) is 10.0. The highest BCUT2D eigenvalue weighted by Gasteiger charge is 2.48. The molecule has 0 aromatic carbocycles. The van der Waals surface area contributed by atoms with Crippen LogP contribution in [0.2, 0.25) is 0 Å². The Bertz CT molecular complexity index is 146. The van der Waals surface area contributed by atoms with Gasteiger partial charge in [-0.1, -0.05) is 53.9 Å². The van der Waals surface area contributed by atoms with Crippen molar-refractivity contribution in [3.05, 3.63) is 0 Å². The third kappa shape index (κ3) is 2.08. The predicted octanol–water partition coefficient (Wildman–Crippen LogP) is 4.35. The van der Waals surface area contributed by atoms with E-state index in [1.54, 1.807) is 0 Å². The van der Waals surface area contributed by atoms with Crippen LogP contribution >= 0.6 is 0 Å². The zero-order chi connectivity index (χ0) is 10.0. The van der Waals surface area contributed by atoms with Crippen molar-refractivity contribution in [3.8, 4) is 0 Å². The van der Waals surface area contributed by atoms with E-state index in [-0.39, 0.29) is 0 Å². The molecule has 1 aliphatic carbocycles. The van der Waals surface area contributed by atoms with Gasteiger partial charge in [0.25, 0.3) is 0 Å². The molecule has 4 unspecified atom stereocenters. The van der Waals surface area contributed by atoms with E-state index < -0.39 is 0 Å². The van der Waals surface area contributed by atoms with Gasteiger partial charge in [0.2, 0.25) is 0 Å². The monoisotopic (exact) mass is 182 g/mol. The Morgan fingerprint density at radius 2 is 1.62 bits per heavy atom. The maximum absolute atomic E-state index is 2.48. The van der Waals surface area contributed by atoms with Crippen LogP contribution in [0.15, 0.2) is 0 Å². The lowest BCUT2D eigenvalue weighted by Gasteiger charge is -2.21. The van der Waals surface area contributed by atoms with E-state index in [1.165, 1.54) is 19.3 Å². The van der Waals surface area contributed by atoms with Crippen molar-refractivity contribution in [1.82, 2.24) is 0 Å². The van der Waals surface area contributed by atoms with Gasteiger partial charge in [-0.05, 0) is 29.6 Å². The van der Waals surface area contributed by atoms with E-state index in [2.05, 4.69) is 34.6 Å². The Labute approximate surface area is 84.1 Å². The van der Waals surface area contributed by atoms with Crippen molar-refractivity contribution in [1.29, 1.82) is 0 Å². The molecule has 0 radical (unpaired) electrons. The normalized spacial score (nSPS) is 35.1. The molecule has 1 aliphatic rings. The predicted molar refractivity (Wildman–Crippen MR) is 59.7 cm³/mol. The van der Waals surface area contributed by atoms with Crippen LogP contribution in [0, 0.1) is 29.6 Å². The van der Waals surface area contributed by atoms with E-state index in [1.807, 2.05) is 0 Å². The summed E-state index contributed by atoms with van der Waals surface area (Å²) in [5.74, 6) is 5.06. The molecule has 0 amide bonds. The summed E-state index contributed by atoms with van der Waals surface area (Å²) in [7, 11) is 0. The summed E-state index contributed by atoms with van der Waals surface area (Å²) < 4.78 is 0. The van der Waals surface area contributed by atoms with Gasteiger partial charge in [0.05, 0.1) is 0 Å². The molecule has 0 spiro atoms. The van der Waals surface area contributed by atoms with Crippen molar-refractivity contribution in [2.75, 3.05) is 0 Å². The smallest absolute Gasteiger partial charge is 0.0326 e. The maximum atomic E-state index is 2.48. The standard InChI is InChI=1S/C13H26/c1-6-11(7-2)9(4)13-10(5)12(13)8-3/h9-13H,6-8H2,1-5H3. The first kappa shape index (κ1) is 11.1. The van der Waals surface area contributed by atoms with Gasteiger partial charge in [0.15, 0.2) is 0 Å². The van der Waals surface area contributed by atoms with Crippen LogP contribution in [0.3, 0.4) is 0 Å². The minimum atomic E-state index is 0.968. The van der Waals surface area contributed by atoms with Crippen molar-refractivity contribution in [3.63, 3.8) is 0 Å². The average molecular weight is 182 g/mol. The molecule has 4 atom stereocenters. The van der Waals surface area contributed by atoms with Crippen LogP contribution in [-0.2, 0) is 0 Å². The first-order valence-corrected chi connectivity index (χ1v) is 6.17. The summed E-state index contributed by atoms with van der Waals surface area (Å²) >= 11 is 0. The minimum Gasteiger partial charge on any atom is -0.0651 e. The van der Waals surface area contributed by atoms with E-state index in [9.17, 15) is 0 Å². The summed E-state index contributed by atoms with van der Waals surface area (Å²) in [5, 5.41) is 0. The molecule has 1 rings (SSSR count). The van der Waals surface area contributed by atoms with Crippen LogP contribution in [0.25, 0.3) is 0 Å². The van der Waals surface area contributed by atoms with Crippen LogP contribution in [-0.4, -0.2) is 0 Å². The quantitative estimate of drug-likeness (QED) is 0.593. The summed E-state index contributed by atoms with van der Waals surface area (Å²) in [4.78, 5) is 0. The highest BCUT2D eigenvalue weighted by Crippen LogP contribution is 2.54. The number of hydrogen-bond donors (Lipinski definition) is 0. The summed E-state index contributed by atoms with van der Waals surface area (Å²) in [5.41, 5.74) is 0. The first-order chi connectivity index (χ1) is 6.17. The molecule has 1 saturated carbocycles. The Morgan fingerprint density at radius 1 is 1.08 bits per heavy atom. The summed E-state index contributed by atoms with van der Waals surface area (Å²) in [6.45, 7) is 12.0. The Kier molecular flexibility index (Phi) is 3.82. The van der Waals surface area contributed by atoms with Crippen LogP contribution < -0.4 is 0 Å². The minimum absolute atomic E-state index is 0.968. The molecule has 0 aromatic heterocycles. The fourth-order valence-electron chi connectivity index (χ4n) is 3.44. The molecule has 0 bridgehead atoms. The Hall–Kier alpha value is 0. The Balaban J connectivity index is 2.44. The molecular formula is C13H26. The van der Waals surface area contributed by atoms with Crippen LogP contribution in [0.5, 0.6) is 0 Å². The van der Waals surface area contributed by atoms with E-state index in [0.717, 1.165) is 29.6 Å². The van der Waals surface area contributed by atoms with E-state index in [4.69, 9.17) is 0 Å². The second-order valence-corrected chi connectivity index (χ2v) is 4.94. The fraction of sp³-hybridized carbons (Fsp3) is 1.00. The average Bonchev–Trinajstić information content (AvgIpc) is 2.78. The maximum Gasteiger partial charge on any atom is -0.0326 e. The highest BCUT2D eigenvalue weighted by atomic mass is 14.5. The SMILES string of the molecule is CCC(CC)C(C)C1C(C)C1CC. The lowest BCUT2D eigenvalue weighted by molar-refractivity contribution is 0.284. The lowest BCUT2D eigenvalue weighted by atomic mass is 9.84. The molecule has 0 aromatic rings. The third-order valence-corrected chi connectivity index (χ3v) is 4.51. The molecule has 0 nitrogen and oxygen atoms in total. The van der Waals surface area contributed by atoms with Crippen LogP contribution in [0.4, 0.5) is 0 Å². The molecule has 13 heavy (non-hydrogen) atoms. The van der Waals surface area contributed by atoms with Crippen molar-refractivity contribution >= 4 is 0 Å². The van der Waals surface area contributed by atoms with Gasteiger partial charge in [-0.15, -0.1) is 0 Å². The van der Waals surface area contributed by atoms with E-state index >= 15 is 0 Å². The topological polar surface area (TPSA) is 0 Å². The zero-order valence-corrected chi connectivity index (χ0v) is 10.0. The molecule has 0 heteroatoms. The van der Waals surface area contributed by atoms with Gasteiger partial charge < -0.3 is 0 Å². The largest absolute Gasteiger partial charge is 0.0651 e. The molecule has 0 heterocycles. The molecule has 78 valence electrons. The number of rotatable bonds is 5. The van der Waals surface area contributed by atoms with Gasteiger partial charge in [0.1, 0.15) is 0 Å². The van der Waals surface area contributed by atoms with Gasteiger partial charge in [0, 0.05) is 0 Å². The molecule has 0 saturated heterocycles. The molecule has 0 N–H and O–H groups in total. The summed E-state index contributed by atoms with van der Waals surface area (Å²) in [6.07, 6.45) is 4.14. The molecule has 0 aliphatic heterocycles. The molecule has 1 fully saturated rings. The van der Waals surface area contributed by atoms with Crippen LogP contribution in [0.1, 0.15) is 53.9 Å². The lowest BCUT2D eigenvalue weighted by Crippen LogP contribution is -2.13. The fourth-order valence-corrected chi connectivity index (χ4v) is 3.44. The van der Waals surface area contributed by atoms with Crippen molar-refractivity contribution in [2.45, 2.75) is 53.9 Å². The second-order valence-electron chi connectivity index (χ2n) is 4.94. The Morgan fingerprint density at radius 3 is 1.92 bits per heavy atom. The van der Waals surface area contributed by atoms with Crippen molar-refractivity contribution in [2.24, 2.45) is 29.6 Å². The van der Waals surface area contributed by atoms with Crippen molar-refractivity contribution < 1.29 is 0 Å². The van der Waals surface area contributed by atoms with Gasteiger partial charge in [-0.2, -0.15) is 0 Å². The van der Waals surface area contributed by atoms with Gasteiger partial charge >= 0.3 is 0 Å². The first-order valence-electron chi connectivity index (χ1n) is 6.17. The highest BCUT2D eigenvalue weighted by molar-refractivity contribution is 4.97. The second kappa shape index (κ2) is 4.48.